The molecule has 1 atom stereocenters. The van der Waals surface area contributed by atoms with Gasteiger partial charge in [0.1, 0.15) is 0 Å². The molecule has 2 heteroatoms. The number of hydrogen-bond acceptors (Lipinski definition) is 1. The molecule has 30 heavy (non-hydrogen) atoms. The molecular formula is C28H31OP. The highest BCUT2D eigenvalue weighted by Crippen LogP contribution is 2.52. The van der Waals surface area contributed by atoms with Crippen LogP contribution in [0.3, 0.4) is 0 Å². The molecule has 0 bridgehead atoms. The number of rotatable bonds is 6. The van der Waals surface area contributed by atoms with E-state index in [0.717, 1.165) is 12.8 Å². The molecule has 0 amide bonds. The number of aliphatic hydroxyl groups is 1. The zero-order chi connectivity index (χ0) is 21.1. The Labute approximate surface area is 182 Å². The van der Waals surface area contributed by atoms with Gasteiger partial charge in [0.2, 0.25) is 0 Å². The second-order valence-corrected chi connectivity index (χ2v) is 11.1. The largest absolute Gasteiger partial charge is 0.396 e. The smallest absolute Gasteiger partial charge is 0.0470 e. The summed E-state index contributed by atoms with van der Waals surface area (Å²) < 4.78 is 0. The maximum Gasteiger partial charge on any atom is 0.0470 e. The Bertz CT molecular complexity index is 981. The summed E-state index contributed by atoms with van der Waals surface area (Å²) in [5.41, 5.74) is 4.52. The van der Waals surface area contributed by atoms with Crippen molar-refractivity contribution >= 4 is 23.8 Å². The van der Waals surface area contributed by atoms with E-state index in [-0.39, 0.29) is 12.0 Å². The third-order valence-electron chi connectivity index (χ3n) is 6.70. The average Bonchev–Trinajstić information content (AvgIpc) is 2.76. The molecule has 0 saturated heterocycles. The second kappa shape index (κ2) is 8.88. The van der Waals surface area contributed by atoms with E-state index in [1.807, 2.05) is 0 Å². The second-order valence-electron chi connectivity index (χ2n) is 8.88. The quantitative estimate of drug-likeness (QED) is 0.426. The fourth-order valence-corrected chi connectivity index (χ4v) is 7.22. The van der Waals surface area contributed by atoms with Crippen molar-refractivity contribution in [1.29, 1.82) is 0 Å². The summed E-state index contributed by atoms with van der Waals surface area (Å²) >= 11 is 0. The molecule has 0 heterocycles. The Morgan fingerprint density at radius 2 is 1.40 bits per heavy atom. The van der Waals surface area contributed by atoms with Gasteiger partial charge in [-0.05, 0) is 60.5 Å². The van der Waals surface area contributed by atoms with Crippen molar-refractivity contribution in [2.45, 2.75) is 33.6 Å². The molecule has 1 nitrogen and oxygen atoms in total. The van der Waals surface area contributed by atoms with Crippen LogP contribution in [0.15, 0.2) is 96.1 Å². The zero-order valence-corrected chi connectivity index (χ0v) is 19.1. The number of allylic oxidation sites excluding steroid dienone is 2. The maximum atomic E-state index is 9.66. The van der Waals surface area contributed by atoms with Crippen LogP contribution in [0.5, 0.6) is 0 Å². The molecule has 3 aromatic rings. The number of hydrogen-bond donors (Lipinski definition) is 1. The molecule has 1 fully saturated rings. The van der Waals surface area contributed by atoms with E-state index in [1.165, 1.54) is 32.6 Å². The lowest BCUT2D eigenvalue weighted by molar-refractivity contribution is 0.0830. The number of benzene rings is 3. The predicted molar refractivity (Wildman–Crippen MR) is 131 cm³/mol. The van der Waals surface area contributed by atoms with Crippen molar-refractivity contribution in [3.8, 4) is 0 Å². The molecule has 4 rings (SSSR count). The summed E-state index contributed by atoms with van der Waals surface area (Å²) in [7, 11) is -0.601. The van der Waals surface area contributed by atoms with Gasteiger partial charge in [0, 0.05) is 6.61 Å². The first-order valence-electron chi connectivity index (χ1n) is 10.8. The van der Waals surface area contributed by atoms with Crippen molar-refractivity contribution in [3.63, 3.8) is 0 Å². The van der Waals surface area contributed by atoms with Crippen LogP contribution < -0.4 is 15.9 Å². The van der Waals surface area contributed by atoms with Crippen molar-refractivity contribution in [2.75, 3.05) is 6.61 Å². The Balaban J connectivity index is 1.75. The minimum absolute atomic E-state index is 0.109. The van der Waals surface area contributed by atoms with Crippen molar-refractivity contribution in [3.05, 3.63) is 102 Å². The first-order valence-corrected chi connectivity index (χ1v) is 12.1. The van der Waals surface area contributed by atoms with Crippen LogP contribution in [0.2, 0.25) is 0 Å². The van der Waals surface area contributed by atoms with Crippen LogP contribution in [-0.2, 0) is 6.42 Å². The van der Waals surface area contributed by atoms with E-state index >= 15 is 0 Å². The van der Waals surface area contributed by atoms with Crippen LogP contribution in [-0.4, -0.2) is 11.7 Å². The Morgan fingerprint density at radius 3 is 1.93 bits per heavy atom. The molecule has 154 valence electrons. The van der Waals surface area contributed by atoms with Gasteiger partial charge < -0.3 is 5.11 Å². The van der Waals surface area contributed by atoms with Crippen LogP contribution in [0.1, 0.15) is 32.8 Å². The normalized spacial score (nSPS) is 19.4. The molecular weight excluding hydrogens is 383 g/mol. The first-order chi connectivity index (χ1) is 14.5. The van der Waals surface area contributed by atoms with E-state index in [4.69, 9.17) is 0 Å². The maximum absolute atomic E-state index is 9.66. The van der Waals surface area contributed by atoms with Crippen molar-refractivity contribution < 1.29 is 5.11 Å². The number of aliphatic hydroxyl groups excluding tert-OH is 1. The van der Waals surface area contributed by atoms with E-state index < -0.39 is 7.92 Å². The van der Waals surface area contributed by atoms with E-state index in [2.05, 4.69) is 106 Å². The lowest BCUT2D eigenvalue weighted by Crippen LogP contribution is -2.41. The molecule has 1 saturated carbocycles. The Hall–Kier alpha value is -2.21. The standard InChI is InChI=1S/C28H31OP/c1-21(26-19-23(20-29)28(26,2)3)18-22-12-10-11-17-27(22)30(24-13-6-4-7-14-24)25-15-8-5-9-16-25/h4-17,23,29H,18-20H2,1-3H3. The van der Waals surface area contributed by atoms with Gasteiger partial charge in [0.05, 0.1) is 0 Å². The SMILES string of the molecule is CC(Cc1ccccc1P(c1ccccc1)c1ccccc1)=C1CC(CO)C1(C)C. The molecule has 1 aliphatic carbocycles. The summed E-state index contributed by atoms with van der Waals surface area (Å²) in [4.78, 5) is 0. The van der Waals surface area contributed by atoms with Crippen LogP contribution >= 0.6 is 7.92 Å². The first kappa shape index (κ1) is 21.0. The van der Waals surface area contributed by atoms with Crippen molar-refractivity contribution in [2.24, 2.45) is 11.3 Å². The monoisotopic (exact) mass is 414 g/mol. The van der Waals surface area contributed by atoms with Gasteiger partial charge in [-0.1, -0.05) is 110 Å². The average molecular weight is 415 g/mol. The van der Waals surface area contributed by atoms with Crippen LogP contribution in [0.4, 0.5) is 0 Å². The van der Waals surface area contributed by atoms with Crippen LogP contribution in [0.25, 0.3) is 0 Å². The lowest BCUT2D eigenvalue weighted by atomic mass is 9.57. The summed E-state index contributed by atoms with van der Waals surface area (Å²) in [6, 6.07) is 30.8. The topological polar surface area (TPSA) is 20.2 Å². The van der Waals surface area contributed by atoms with E-state index in [0.29, 0.717) is 5.92 Å². The van der Waals surface area contributed by atoms with Crippen LogP contribution in [0, 0.1) is 11.3 Å². The van der Waals surface area contributed by atoms with E-state index in [9.17, 15) is 5.11 Å². The third-order valence-corrected chi connectivity index (χ3v) is 9.25. The van der Waals surface area contributed by atoms with Gasteiger partial charge in [-0.25, -0.2) is 0 Å². The minimum atomic E-state index is -0.601. The van der Waals surface area contributed by atoms with E-state index in [1.54, 1.807) is 0 Å². The fourth-order valence-electron chi connectivity index (χ4n) is 4.75. The molecule has 1 aliphatic rings. The summed E-state index contributed by atoms with van der Waals surface area (Å²) in [6.07, 6.45) is 2.01. The molecule has 0 aliphatic heterocycles. The van der Waals surface area contributed by atoms with Gasteiger partial charge in [-0.2, -0.15) is 0 Å². The van der Waals surface area contributed by atoms with Crippen molar-refractivity contribution in [1.82, 2.24) is 0 Å². The summed E-state index contributed by atoms with van der Waals surface area (Å²) in [5, 5.41) is 13.9. The Kier molecular flexibility index (Phi) is 6.23. The van der Waals surface area contributed by atoms with Gasteiger partial charge >= 0.3 is 0 Å². The third kappa shape index (κ3) is 4.02. The molecule has 1 unspecified atom stereocenters. The summed E-state index contributed by atoms with van der Waals surface area (Å²) in [5.74, 6) is 0.392. The summed E-state index contributed by atoms with van der Waals surface area (Å²) in [6.45, 7) is 7.13. The highest BCUT2D eigenvalue weighted by Gasteiger charge is 2.43. The molecule has 3 aromatic carbocycles. The van der Waals surface area contributed by atoms with Gasteiger partial charge in [0.25, 0.3) is 0 Å². The molecule has 0 aromatic heterocycles. The fraction of sp³-hybridized carbons (Fsp3) is 0.286. The molecule has 1 N–H and O–H groups in total. The molecule has 0 spiro atoms. The zero-order valence-electron chi connectivity index (χ0n) is 18.2. The highest BCUT2D eigenvalue weighted by atomic mass is 31.1. The van der Waals surface area contributed by atoms with Gasteiger partial charge in [-0.15, -0.1) is 0 Å². The van der Waals surface area contributed by atoms with Gasteiger partial charge in [0.15, 0.2) is 0 Å². The molecule has 0 radical (unpaired) electrons. The van der Waals surface area contributed by atoms with Gasteiger partial charge in [-0.3, -0.25) is 0 Å². The predicted octanol–water partition coefficient (Wildman–Crippen LogP) is 5.34. The minimum Gasteiger partial charge on any atom is -0.396 e. The Morgan fingerprint density at radius 1 is 0.867 bits per heavy atom. The highest BCUT2D eigenvalue weighted by molar-refractivity contribution is 7.79. The lowest BCUT2D eigenvalue weighted by Gasteiger charge is -2.48.